The first-order valence-electron chi connectivity index (χ1n) is 11.0. The van der Waals surface area contributed by atoms with E-state index in [0.29, 0.717) is 18.8 Å². The maximum absolute atomic E-state index is 11.8. The predicted molar refractivity (Wildman–Crippen MR) is 146 cm³/mol. The Morgan fingerprint density at radius 3 is 2.59 bits per heavy atom. The van der Waals surface area contributed by atoms with Crippen LogP contribution in [0.4, 0.5) is 0 Å². The largest absolute Gasteiger partial charge is 0.484 e. The van der Waals surface area contributed by atoms with E-state index in [1.807, 2.05) is 67.5 Å². The molecule has 182 valence electrons. The molecule has 34 heavy (non-hydrogen) atoms. The third-order valence-electron chi connectivity index (χ3n) is 4.97. The van der Waals surface area contributed by atoms with Crippen LogP contribution in [0.2, 0.25) is 0 Å². The number of nitrogens with one attached hydrogen (secondary N) is 2. The number of amides is 1. The first-order valence-corrected chi connectivity index (χ1v) is 11.0. The topological polar surface area (TPSA) is 85.8 Å². The van der Waals surface area contributed by atoms with E-state index in [2.05, 4.69) is 27.4 Å². The van der Waals surface area contributed by atoms with Gasteiger partial charge in [-0.3, -0.25) is 4.79 Å². The Morgan fingerprint density at radius 1 is 1.12 bits per heavy atom. The van der Waals surface area contributed by atoms with Crippen molar-refractivity contribution in [1.82, 2.24) is 25.1 Å². The summed E-state index contributed by atoms with van der Waals surface area (Å²) in [5.41, 5.74) is 3.09. The van der Waals surface area contributed by atoms with Crippen molar-refractivity contribution in [3.63, 3.8) is 0 Å². The number of guanidine groups is 1. The summed E-state index contributed by atoms with van der Waals surface area (Å²) < 4.78 is 5.61. The van der Waals surface area contributed by atoms with Gasteiger partial charge in [-0.25, -0.2) is 9.98 Å². The first kappa shape index (κ1) is 27.2. The van der Waals surface area contributed by atoms with Crippen molar-refractivity contribution in [3.8, 4) is 17.0 Å². The molecule has 3 rings (SSSR count). The minimum absolute atomic E-state index is 0. The second-order valence-corrected chi connectivity index (χ2v) is 7.86. The highest BCUT2D eigenvalue weighted by atomic mass is 127. The number of benzene rings is 2. The maximum atomic E-state index is 11.8. The van der Waals surface area contributed by atoms with Gasteiger partial charge in [-0.15, -0.1) is 24.0 Å². The van der Waals surface area contributed by atoms with Gasteiger partial charge in [-0.05, 0) is 30.2 Å². The second-order valence-electron chi connectivity index (χ2n) is 7.86. The molecule has 9 heteroatoms. The molecule has 0 bridgehead atoms. The van der Waals surface area contributed by atoms with Crippen molar-refractivity contribution in [1.29, 1.82) is 0 Å². The van der Waals surface area contributed by atoms with Crippen LogP contribution in [0, 0.1) is 0 Å². The van der Waals surface area contributed by atoms with Crippen LogP contribution in [0.1, 0.15) is 18.3 Å². The smallest absolute Gasteiger partial charge is 0.259 e. The molecular formula is C25H33IN6O2. The standard InChI is InChI=1S/C25H32N6O2.HI/c1-5-26-25(28-15-19-10-9-13-21(14-19)33-18-24(32)30(2)3)31(4)17-23-27-16-22(29-23)20-11-7-6-8-12-20;/h6-14,16H,5,15,17-18H2,1-4H3,(H,26,28)(H,27,29);1H. The van der Waals surface area contributed by atoms with E-state index in [4.69, 9.17) is 9.73 Å². The Hall–Kier alpha value is -3.08. The number of H-pyrrole nitrogens is 1. The molecule has 1 heterocycles. The summed E-state index contributed by atoms with van der Waals surface area (Å²) in [6.45, 7) is 3.89. The molecule has 1 amide bonds. The Bertz CT molecular complexity index is 1070. The maximum Gasteiger partial charge on any atom is 0.259 e. The number of aromatic nitrogens is 2. The van der Waals surface area contributed by atoms with E-state index in [0.717, 1.165) is 35.1 Å². The summed E-state index contributed by atoms with van der Waals surface area (Å²) >= 11 is 0. The molecule has 3 aromatic rings. The third kappa shape index (κ3) is 8.05. The zero-order chi connectivity index (χ0) is 23.6. The highest BCUT2D eigenvalue weighted by molar-refractivity contribution is 14.0. The number of carbonyl (C=O) groups is 1. The average molecular weight is 576 g/mol. The summed E-state index contributed by atoms with van der Waals surface area (Å²) in [5.74, 6) is 2.22. The fourth-order valence-corrected chi connectivity index (χ4v) is 3.15. The summed E-state index contributed by atoms with van der Waals surface area (Å²) in [5, 5.41) is 3.33. The van der Waals surface area contributed by atoms with Crippen molar-refractivity contribution in [3.05, 3.63) is 72.2 Å². The lowest BCUT2D eigenvalue weighted by molar-refractivity contribution is -0.130. The molecule has 0 aliphatic carbocycles. The summed E-state index contributed by atoms with van der Waals surface area (Å²) in [6, 6.07) is 17.8. The number of imidazole rings is 1. The lowest BCUT2D eigenvalue weighted by Crippen LogP contribution is -2.38. The van der Waals surface area contributed by atoms with Gasteiger partial charge in [-0.2, -0.15) is 0 Å². The van der Waals surface area contributed by atoms with Crippen LogP contribution in [0.25, 0.3) is 11.3 Å². The molecule has 0 unspecified atom stereocenters. The van der Waals surface area contributed by atoms with Crippen molar-refractivity contribution >= 4 is 35.8 Å². The molecule has 1 aromatic heterocycles. The molecule has 0 saturated heterocycles. The van der Waals surface area contributed by atoms with E-state index in [1.165, 1.54) is 4.90 Å². The van der Waals surface area contributed by atoms with Crippen LogP contribution < -0.4 is 10.1 Å². The van der Waals surface area contributed by atoms with E-state index >= 15 is 0 Å². The van der Waals surface area contributed by atoms with Gasteiger partial charge < -0.3 is 24.8 Å². The number of rotatable bonds is 9. The van der Waals surface area contributed by atoms with Crippen LogP contribution in [0.5, 0.6) is 5.75 Å². The number of hydrogen-bond donors (Lipinski definition) is 2. The molecule has 0 aliphatic rings. The van der Waals surface area contributed by atoms with Gasteiger partial charge in [0.05, 0.1) is 25.0 Å². The lowest BCUT2D eigenvalue weighted by atomic mass is 10.2. The van der Waals surface area contributed by atoms with E-state index < -0.39 is 0 Å². The van der Waals surface area contributed by atoms with Crippen LogP contribution in [-0.4, -0.2) is 65.9 Å². The summed E-state index contributed by atoms with van der Waals surface area (Å²) in [6.07, 6.45) is 1.86. The third-order valence-corrected chi connectivity index (χ3v) is 4.97. The Labute approximate surface area is 218 Å². The SMILES string of the molecule is CCNC(=NCc1cccc(OCC(=O)N(C)C)c1)N(C)Cc1ncc(-c2ccccc2)[nH]1.I. The molecule has 2 N–H and O–H groups in total. The number of nitrogens with zero attached hydrogens (tertiary/aromatic N) is 4. The summed E-state index contributed by atoms with van der Waals surface area (Å²) in [7, 11) is 5.40. The highest BCUT2D eigenvalue weighted by Gasteiger charge is 2.10. The first-order chi connectivity index (χ1) is 16.0. The molecule has 0 radical (unpaired) electrons. The van der Waals surface area contributed by atoms with E-state index in [-0.39, 0.29) is 36.5 Å². The van der Waals surface area contributed by atoms with Gasteiger partial charge in [0.25, 0.3) is 5.91 Å². The van der Waals surface area contributed by atoms with Crippen molar-refractivity contribution in [2.75, 3.05) is 34.3 Å². The van der Waals surface area contributed by atoms with Crippen LogP contribution in [0.3, 0.4) is 0 Å². The molecule has 0 fully saturated rings. The number of aromatic amines is 1. The zero-order valence-corrected chi connectivity index (χ0v) is 22.4. The molecule has 0 saturated carbocycles. The molecule has 8 nitrogen and oxygen atoms in total. The average Bonchev–Trinajstić information content (AvgIpc) is 3.29. The zero-order valence-electron chi connectivity index (χ0n) is 20.1. The van der Waals surface area contributed by atoms with Gasteiger partial charge in [0.2, 0.25) is 0 Å². The lowest BCUT2D eigenvalue weighted by Gasteiger charge is -2.21. The monoisotopic (exact) mass is 576 g/mol. The van der Waals surface area contributed by atoms with Crippen LogP contribution in [-0.2, 0) is 17.9 Å². The normalized spacial score (nSPS) is 10.9. The minimum Gasteiger partial charge on any atom is -0.484 e. The number of carbonyl (C=O) groups excluding carboxylic acids is 1. The van der Waals surface area contributed by atoms with Crippen molar-refractivity contribution in [2.24, 2.45) is 4.99 Å². The molecule has 0 spiro atoms. The predicted octanol–water partition coefficient (Wildman–Crippen LogP) is 3.76. The van der Waals surface area contributed by atoms with Gasteiger partial charge in [-0.1, -0.05) is 42.5 Å². The summed E-state index contributed by atoms with van der Waals surface area (Å²) in [4.78, 5) is 28.0. The molecule has 0 aliphatic heterocycles. The Kier molecular flexibility index (Phi) is 10.9. The molecule has 2 aromatic carbocycles. The number of ether oxygens (including phenoxy) is 1. The fraction of sp³-hybridized carbons (Fsp3) is 0.320. The van der Waals surface area contributed by atoms with Gasteiger partial charge in [0, 0.05) is 27.7 Å². The number of likely N-dealkylation sites (N-methyl/N-ethyl adjacent to an activating group) is 1. The van der Waals surface area contributed by atoms with Crippen LogP contribution in [0.15, 0.2) is 65.8 Å². The van der Waals surface area contributed by atoms with E-state index in [1.54, 1.807) is 14.1 Å². The van der Waals surface area contributed by atoms with Gasteiger partial charge in [0.1, 0.15) is 11.6 Å². The van der Waals surface area contributed by atoms with Crippen molar-refractivity contribution < 1.29 is 9.53 Å². The van der Waals surface area contributed by atoms with Gasteiger partial charge in [0.15, 0.2) is 12.6 Å². The van der Waals surface area contributed by atoms with Crippen LogP contribution >= 0.6 is 24.0 Å². The minimum atomic E-state index is -0.0807. The number of halogens is 1. The fourth-order valence-electron chi connectivity index (χ4n) is 3.15. The van der Waals surface area contributed by atoms with E-state index in [9.17, 15) is 4.79 Å². The second kappa shape index (κ2) is 13.6. The molecular weight excluding hydrogens is 543 g/mol. The number of aliphatic imine (C=N–C) groups is 1. The number of hydrogen-bond acceptors (Lipinski definition) is 4. The quantitative estimate of drug-likeness (QED) is 0.230. The van der Waals surface area contributed by atoms with Crippen molar-refractivity contribution in [2.45, 2.75) is 20.0 Å². The molecule has 0 atom stereocenters. The Balaban J connectivity index is 0.00000408. The highest BCUT2D eigenvalue weighted by Crippen LogP contribution is 2.17. The Morgan fingerprint density at radius 2 is 1.88 bits per heavy atom. The van der Waals surface area contributed by atoms with Gasteiger partial charge >= 0.3 is 0 Å².